The number of nitrogens with zero attached hydrogens (tertiary/aromatic N) is 1. The lowest BCUT2D eigenvalue weighted by atomic mass is 10.4. The number of hydrogen-bond donors (Lipinski definition) is 0. The Labute approximate surface area is 73.1 Å². The molecule has 0 N–H and O–H groups in total. The molecule has 0 spiro atoms. The minimum absolute atomic E-state index is 0. The number of aldehydes is 1. The number of ether oxygens (including phenoxy) is 1. The molecule has 1 aliphatic rings. The van der Waals surface area contributed by atoms with Gasteiger partial charge in [0.25, 0.3) is 0 Å². The molecule has 1 rings (SSSR count). The van der Waals surface area contributed by atoms with Gasteiger partial charge in [0.1, 0.15) is 6.29 Å². The monoisotopic (exact) mass is 179 g/mol. The van der Waals surface area contributed by atoms with Crippen LogP contribution in [0.4, 0.5) is 0 Å². The Morgan fingerprint density at radius 1 is 1.36 bits per heavy atom. The van der Waals surface area contributed by atoms with Crippen molar-refractivity contribution in [2.24, 2.45) is 0 Å². The van der Waals surface area contributed by atoms with Crippen LogP contribution in [0.2, 0.25) is 0 Å². The molecule has 0 amide bonds. The third kappa shape index (κ3) is 4.35. The first-order chi connectivity index (χ1) is 4.93. The van der Waals surface area contributed by atoms with Crippen molar-refractivity contribution in [2.75, 3.05) is 32.8 Å². The van der Waals surface area contributed by atoms with Gasteiger partial charge in [-0.15, -0.1) is 12.4 Å². The molecule has 0 aromatic heterocycles. The second kappa shape index (κ2) is 6.58. The summed E-state index contributed by atoms with van der Waals surface area (Å²) >= 11 is 0. The molecule has 0 atom stereocenters. The van der Waals surface area contributed by atoms with Crippen molar-refractivity contribution in [3.05, 3.63) is 0 Å². The zero-order chi connectivity index (χ0) is 7.23. The van der Waals surface area contributed by atoms with Crippen LogP contribution in [0.5, 0.6) is 0 Å². The van der Waals surface area contributed by atoms with Crippen molar-refractivity contribution in [1.82, 2.24) is 4.90 Å². The van der Waals surface area contributed by atoms with E-state index in [9.17, 15) is 4.79 Å². The van der Waals surface area contributed by atoms with Crippen molar-refractivity contribution in [2.45, 2.75) is 6.42 Å². The lowest BCUT2D eigenvalue weighted by molar-refractivity contribution is -0.108. The number of carbonyl (C=O) groups is 1. The fourth-order valence-corrected chi connectivity index (χ4v) is 1.09. The molecule has 0 radical (unpaired) electrons. The van der Waals surface area contributed by atoms with Gasteiger partial charge in [-0.2, -0.15) is 0 Å². The molecule has 0 saturated carbocycles. The minimum Gasteiger partial charge on any atom is -0.380 e. The van der Waals surface area contributed by atoms with Crippen molar-refractivity contribution in [3.63, 3.8) is 0 Å². The van der Waals surface area contributed by atoms with E-state index in [2.05, 4.69) is 4.90 Å². The van der Waals surface area contributed by atoms with Crippen LogP contribution < -0.4 is 0 Å². The molecule has 1 heterocycles. The maximum Gasteiger partial charge on any atom is 0.133 e. The first-order valence-electron chi connectivity index (χ1n) is 3.67. The second-order valence-corrected chi connectivity index (χ2v) is 2.43. The van der Waals surface area contributed by atoms with Crippen LogP contribution in [-0.2, 0) is 9.53 Å². The van der Waals surface area contributed by atoms with E-state index < -0.39 is 0 Å². The van der Waals surface area contributed by atoms with E-state index in [-0.39, 0.29) is 12.4 Å². The van der Waals surface area contributed by atoms with E-state index in [4.69, 9.17) is 4.74 Å². The SMILES string of the molecule is Cl.O=CCN1CCCOCC1. The molecular formula is C7H14ClNO2. The highest BCUT2D eigenvalue weighted by Crippen LogP contribution is 1.96. The summed E-state index contributed by atoms with van der Waals surface area (Å²) in [7, 11) is 0. The van der Waals surface area contributed by atoms with E-state index in [1.54, 1.807) is 0 Å². The standard InChI is InChI=1S/C7H13NO2.ClH/c9-5-3-8-2-1-6-10-7-4-8;/h5H,1-4,6-7H2;1H. The Morgan fingerprint density at radius 2 is 2.18 bits per heavy atom. The van der Waals surface area contributed by atoms with Crippen LogP contribution in [0.3, 0.4) is 0 Å². The molecule has 0 aromatic carbocycles. The molecule has 11 heavy (non-hydrogen) atoms. The average molecular weight is 180 g/mol. The average Bonchev–Trinajstić information content (AvgIpc) is 2.17. The molecule has 1 aliphatic heterocycles. The second-order valence-electron chi connectivity index (χ2n) is 2.43. The number of rotatable bonds is 2. The van der Waals surface area contributed by atoms with Crippen LogP contribution in [0.15, 0.2) is 0 Å². The highest BCUT2D eigenvalue weighted by molar-refractivity contribution is 5.85. The van der Waals surface area contributed by atoms with Gasteiger partial charge in [0.2, 0.25) is 0 Å². The molecule has 0 unspecified atom stereocenters. The summed E-state index contributed by atoms with van der Waals surface area (Å²) in [6.07, 6.45) is 2.00. The van der Waals surface area contributed by atoms with Crippen molar-refractivity contribution < 1.29 is 9.53 Å². The molecular weight excluding hydrogens is 166 g/mol. The minimum atomic E-state index is 0. The highest BCUT2D eigenvalue weighted by atomic mass is 35.5. The van der Waals surface area contributed by atoms with Gasteiger partial charge in [0.05, 0.1) is 13.2 Å². The van der Waals surface area contributed by atoms with Crippen molar-refractivity contribution in [1.29, 1.82) is 0 Å². The Balaban J connectivity index is 0.000001000. The van der Waals surface area contributed by atoms with Crippen LogP contribution in [0.25, 0.3) is 0 Å². The number of halogens is 1. The summed E-state index contributed by atoms with van der Waals surface area (Å²) in [6.45, 7) is 4.07. The summed E-state index contributed by atoms with van der Waals surface area (Å²) < 4.78 is 5.21. The van der Waals surface area contributed by atoms with Crippen LogP contribution >= 0.6 is 12.4 Å². The predicted molar refractivity (Wildman–Crippen MR) is 45.2 cm³/mol. The Bertz CT molecular complexity index is 103. The Morgan fingerprint density at radius 3 is 2.91 bits per heavy atom. The van der Waals surface area contributed by atoms with Gasteiger partial charge in [0, 0.05) is 19.7 Å². The third-order valence-corrected chi connectivity index (χ3v) is 1.65. The number of hydrogen-bond acceptors (Lipinski definition) is 3. The van der Waals surface area contributed by atoms with E-state index in [0.717, 1.165) is 39.0 Å². The first-order valence-corrected chi connectivity index (χ1v) is 3.67. The van der Waals surface area contributed by atoms with E-state index in [1.165, 1.54) is 0 Å². The van der Waals surface area contributed by atoms with Gasteiger partial charge in [0.15, 0.2) is 0 Å². The summed E-state index contributed by atoms with van der Waals surface area (Å²) in [5.41, 5.74) is 0. The predicted octanol–water partition coefficient (Wildman–Crippen LogP) is 0.329. The van der Waals surface area contributed by atoms with E-state index in [1.807, 2.05) is 0 Å². The Kier molecular flexibility index (Phi) is 6.51. The fourth-order valence-electron chi connectivity index (χ4n) is 1.09. The van der Waals surface area contributed by atoms with Gasteiger partial charge in [-0.25, -0.2) is 0 Å². The summed E-state index contributed by atoms with van der Waals surface area (Å²) in [6, 6.07) is 0. The van der Waals surface area contributed by atoms with Crippen LogP contribution in [0, 0.1) is 0 Å². The van der Waals surface area contributed by atoms with E-state index in [0.29, 0.717) is 6.54 Å². The molecule has 4 heteroatoms. The first kappa shape index (κ1) is 10.9. The lowest BCUT2D eigenvalue weighted by Crippen LogP contribution is -2.28. The van der Waals surface area contributed by atoms with Gasteiger partial charge in [-0.3, -0.25) is 4.90 Å². The quantitative estimate of drug-likeness (QED) is 0.573. The topological polar surface area (TPSA) is 29.5 Å². The zero-order valence-corrected chi connectivity index (χ0v) is 7.31. The summed E-state index contributed by atoms with van der Waals surface area (Å²) in [5, 5.41) is 0. The van der Waals surface area contributed by atoms with Gasteiger partial charge in [-0.1, -0.05) is 0 Å². The third-order valence-electron chi connectivity index (χ3n) is 1.65. The molecule has 1 fully saturated rings. The maximum atomic E-state index is 10.1. The fraction of sp³-hybridized carbons (Fsp3) is 0.857. The molecule has 0 aliphatic carbocycles. The highest BCUT2D eigenvalue weighted by Gasteiger charge is 2.06. The largest absolute Gasteiger partial charge is 0.380 e. The van der Waals surface area contributed by atoms with Crippen LogP contribution in [-0.4, -0.2) is 44.0 Å². The van der Waals surface area contributed by atoms with Crippen molar-refractivity contribution in [3.8, 4) is 0 Å². The van der Waals surface area contributed by atoms with Crippen molar-refractivity contribution >= 4 is 18.7 Å². The summed E-state index contributed by atoms with van der Waals surface area (Å²) in [5.74, 6) is 0. The normalized spacial score (nSPS) is 20.0. The van der Waals surface area contributed by atoms with Crippen LogP contribution in [0.1, 0.15) is 6.42 Å². The van der Waals surface area contributed by atoms with Gasteiger partial charge in [-0.05, 0) is 6.42 Å². The maximum absolute atomic E-state index is 10.1. The molecule has 66 valence electrons. The molecule has 0 bridgehead atoms. The molecule has 3 nitrogen and oxygen atoms in total. The molecule has 1 saturated heterocycles. The zero-order valence-electron chi connectivity index (χ0n) is 6.49. The van der Waals surface area contributed by atoms with E-state index >= 15 is 0 Å². The number of carbonyl (C=O) groups excluding carboxylic acids is 1. The van der Waals surface area contributed by atoms with Gasteiger partial charge >= 0.3 is 0 Å². The summed E-state index contributed by atoms with van der Waals surface area (Å²) in [4.78, 5) is 12.2. The lowest BCUT2D eigenvalue weighted by Gasteiger charge is -2.14. The molecule has 0 aromatic rings. The van der Waals surface area contributed by atoms with Gasteiger partial charge < -0.3 is 9.53 Å². The Hall–Kier alpha value is -0.120. The smallest absolute Gasteiger partial charge is 0.133 e.